The van der Waals surface area contributed by atoms with Crippen molar-refractivity contribution in [3.8, 4) is 0 Å². The highest BCUT2D eigenvalue weighted by Crippen LogP contribution is 2.21. The Kier molecular flexibility index (Phi) is 8.15. The molecule has 0 aliphatic rings. The van der Waals surface area contributed by atoms with Gasteiger partial charge in [0.2, 0.25) is 0 Å². The molecule has 0 saturated heterocycles. The van der Waals surface area contributed by atoms with Gasteiger partial charge in [0.25, 0.3) is 10.1 Å². The summed E-state index contributed by atoms with van der Waals surface area (Å²) in [4.78, 5) is 0. The fourth-order valence-corrected chi connectivity index (χ4v) is 3.11. The number of allylic oxidation sites excluding steroid dienone is 1. The van der Waals surface area contributed by atoms with Gasteiger partial charge in [-0.3, -0.25) is 4.55 Å². The number of hydrogen-bond donors (Lipinski definition) is 1. The van der Waals surface area contributed by atoms with Gasteiger partial charge in [-0.1, -0.05) is 56.2 Å². The second-order valence-electron chi connectivity index (χ2n) is 6.08. The van der Waals surface area contributed by atoms with E-state index in [4.69, 9.17) is 16.2 Å². The third-order valence-electron chi connectivity index (χ3n) is 3.43. The molecule has 5 heteroatoms. The van der Waals surface area contributed by atoms with Crippen LogP contribution < -0.4 is 0 Å². The van der Waals surface area contributed by atoms with Gasteiger partial charge in [-0.25, -0.2) is 0 Å². The van der Waals surface area contributed by atoms with E-state index in [0.29, 0.717) is 18.3 Å². The first kappa shape index (κ1) is 19.2. The highest BCUT2D eigenvalue weighted by Gasteiger charge is 2.09. The van der Waals surface area contributed by atoms with E-state index in [1.54, 1.807) is 0 Å². The molecule has 0 aliphatic heterocycles. The van der Waals surface area contributed by atoms with E-state index >= 15 is 0 Å². The van der Waals surface area contributed by atoms with Crippen molar-refractivity contribution < 1.29 is 13.0 Å². The molecule has 1 aromatic carbocycles. The monoisotopic (exact) mass is 344 g/mol. The molecular weight excluding hydrogens is 320 g/mol. The van der Waals surface area contributed by atoms with E-state index in [1.165, 1.54) is 0 Å². The molecular formula is C17H25ClO3S. The van der Waals surface area contributed by atoms with Crippen LogP contribution in [0.15, 0.2) is 30.3 Å². The third-order valence-corrected chi connectivity index (χ3v) is 4.49. The van der Waals surface area contributed by atoms with Crippen LogP contribution in [0, 0.1) is 11.8 Å². The molecule has 1 rings (SSSR count). The number of halogens is 1. The molecule has 1 aromatic rings. The molecule has 22 heavy (non-hydrogen) atoms. The minimum atomic E-state index is -3.83. The Labute approximate surface area is 139 Å². The average molecular weight is 345 g/mol. The highest BCUT2D eigenvalue weighted by atomic mass is 35.5. The maximum Gasteiger partial charge on any atom is 0.264 e. The topological polar surface area (TPSA) is 54.4 Å². The van der Waals surface area contributed by atoms with Crippen LogP contribution in [0.1, 0.15) is 45.1 Å². The first-order chi connectivity index (χ1) is 10.3. The number of hydrogen-bond acceptors (Lipinski definition) is 2. The van der Waals surface area contributed by atoms with Gasteiger partial charge in [0.1, 0.15) is 0 Å². The fourth-order valence-electron chi connectivity index (χ4n) is 2.41. The summed E-state index contributed by atoms with van der Waals surface area (Å²) in [5.74, 6) is 0.848. The lowest BCUT2D eigenvalue weighted by molar-refractivity contribution is 0.436. The molecule has 1 N–H and O–H groups in total. The van der Waals surface area contributed by atoms with Crippen molar-refractivity contribution in [3.05, 3.63) is 40.9 Å². The number of rotatable bonds is 9. The van der Waals surface area contributed by atoms with Crippen LogP contribution in [-0.4, -0.2) is 18.7 Å². The van der Waals surface area contributed by atoms with Gasteiger partial charge < -0.3 is 0 Å². The zero-order valence-corrected chi connectivity index (χ0v) is 14.8. The van der Waals surface area contributed by atoms with E-state index < -0.39 is 10.1 Å². The third kappa shape index (κ3) is 9.23. The van der Waals surface area contributed by atoms with Gasteiger partial charge in [0.05, 0.1) is 5.75 Å². The standard InChI is InChI=1S/C17H25ClO3S/c1-14(2)13-16(5-3-4-12-22(19,20)21)7-6-15-8-10-17(18)11-9-15/h6-11,14,16H,3-5,12-13H2,1-2H3,(H,19,20,21)/b7-6+/t16-/m1/s1. The van der Waals surface area contributed by atoms with Crippen LogP contribution in [0.5, 0.6) is 0 Å². The van der Waals surface area contributed by atoms with E-state index in [9.17, 15) is 8.42 Å². The zero-order chi connectivity index (χ0) is 16.6. The molecule has 0 heterocycles. The Morgan fingerprint density at radius 3 is 2.36 bits per heavy atom. The minimum Gasteiger partial charge on any atom is -0.286 e. The van der Waals surface area contributed by atoms with E-state index in [2.05, 4.69) is 26.0 Å². The van der Waals surface area contributed by atoms with Crippen molar-refractivity contribution >= 4 is 27.8 Å². The van der Waals surface area contributed by atoms with Gasteiger partial charge in [-0.2, -0.15) is 8.42 Å². The summed E-state index contributed by atoms with van der Waals surface area (Å²) >= 11 is 5.87. The summed E-state index contributed by atoms with van der Waals surface area (Å²) in [5.41, 5.74) is 1.11. The molecule has 0 radical (unpaired) electrons. The molecule has 3 nitrogen and oxygen atoms in total. The van der Waals surface area contributed by atoms with Crippen LogP contribution in [0.4, 0.5) is 0 Å². The molecule has 1 atom stereocenters. The maximum atomic E-state index is 10.7. The average Bonchev–Trinajstić information content (AvgIpc) is 2.40. The van der Waals surface area contributed by atoms with Crippen molar-refractivity contribution in [2.75, 3.05) is 5.75 Å². The summed E-state index contributed by atoms with van der Waals surface area (Å²) < 4.78 is 30.2. The van der Waals surface area contributed by atoms with Crippen LogP contribution in [-0.2, 0) is 10.1 Å². The molecule has 0 amide bonds. The summed E-state index contributed by atoms with van der Waals surface area (Å²) in [7, 11) is -3.83. The SMILES string of the molecule is CC(C)C[C@@H](/C=C/c1ccc(Cl)cc1)CCCCS(=O)(=O)O. The second-order valence-corrected chi connectivity index (χ2v) is 8.09. The Bertz CT molecular complexity index is 562. The lowest BCUT2D eigenvalue weighted by Gasteiger charge is -2.15. The van der Waals surface area contributed by atoms with Gasteiger partial charge >= 0.3 is 0 Å². The van der Waals surface area contributed by atoms with Crippen molar-refractivity contribution in [1.29, 1.82) is 0 Å². The largest absolute Gasteiger partial charge is 0.286 e. The lowest BCUT2D eigenvalue weighted by atomic mass is 9.91. The molecule has 0 fully saturated rings. The van der Waals surface area contributed by atoms with Gasteiger partial charge in [-0.05, 0) is 48.8 Å². The Hall–Kier alpha value is -0.840. The van der Waals surface area contributed by atoms with E-state index in [1.807, 2.05) is 24.3 Å². The molecule has 0 unspecified atom stereocenters. The molecule has 0 aromatic heterocycles. The Morgan fingerprint density at radius 1 is 1.18 bits per heavy atom. The second kappa shape index (κ2) is 9.33. The normalized spacial score (nSPS) is 13.9. The zero-order valence-electron chi connectivity index (χ0n) is 13.2. The van der Waals surface area contributed by atoms with E-state index in [0.717, 1.165) is 29.8 Å². The summed E-state index contributed by atoms with van der Waals surface area (Å²) in [6, 6.07) is 7.68. The smallest absolute Gasteiger partial charge is 0.264 e. The van der Waals surface area contributed by atoms with Gasteiger partial charge in [-0.15, -0.1) is 0 Å². The summed E-state index contributed by atoms with van der Waals surface area (Å²) in [5, 5.41) is 0.723. The summed E-state index contributed by atoms with van der Waals surface area (Å²) in [6.45, 7) is 4.36. The number of unbranched alkanes of at least 4 members (excludes halogenated alkanes) is 1. The Morgan fingerprint density at radius 2 is 1.82 bits per heavy atom. The first-order valence-electron chi connectivity index (χ1n) is 7.65. The fraction of sp³-hybridized carbons (Fsp3) is 0.529. The van der Waals surface area contributed by atoms with Crippen LogP contribution in [0.3, 0.4) is 0 Å². The molecule has 0 aliphatic carbocycles. The predicted molar refractivity (Wildman–Crippen MR) is 93.7 cm³/mol. The van der Waals surface area contributed by atoms with Crippen molar-refractivity contribution in [1.82, 2.24) is 0 Å². The van der Waals surface area contributed by atoms with Crippen molar-refractivity contribution in [2.24, 2.45) is 11.8 Å². The van der Waals surface area contributed by atoms with Gasteiger partial charge in [0.15, 0.2) is 0 Å². The van der Waals surface area contributed by atoms with Crippen molar-refractivity contribution in [2.45, 2.75) is 39.5 Å². The van der Waals surface area contributed by atoms with E-state index in [-0.39, 0.29) is 5.75 Å². The predicted octanol–water partition coefficient (Wildman–Crippen LogP) is 5.07. The van der Waals surface area contributed by atoms with Crippen LogP contribution >= 0.6 is 11.6 Å². The van der Waals surface area contributed by atoms with Crippen molar-refractivity contribution in [3.63, 3.8) is 0 Å². The minimum absolute atomic E-state index is 0.150. The quantitative estimate of drug-likeness (QED) is 0.502. The van der Waals surface area contributed by atoms with Crippen LogP contribution in [0.25, 0.3) is 6.08 Å². The maximum absolute atomic E-state index is 10.7. The highest BCUT2D eigenvalue weighted by molar-refractivity contribution is 7.85. The molecule has 0 spiro atoms. The summed E-state index contributed by atoms with van der Waals surface area (Å²) in [6.07, 6.45) is 7.57. The molecule has 0 saturated carbocycles. The lowest BCUT2D eigenvalue weighted by Crippen LogP contribution is -2.06. The number of benzene rings is 1. The molecule has 124 valence electrons. The Balaban J connectivity index is 2.54. The first-order valence-corrected chi connectivity index (χ1v) is 9.64. The van der Waals surface area contributed by atoms with Crippen LogP contribution in [0.2, 0.25) is 5.02 Å². The van der Waals surface area contributed by atoms with Gasteiger partial charge in [0, 0.05) is 5.02 Å². The molecule has 0 bridgehead atoms.